The molecule has 2 heterocycles. The van der Waals surface area contributed by atoms with Crippen molar-refractivity contribution in [2.75, 3.05) is 23.7 Å². The first-order chi connectivity index (χ1) is 18.6. The number of aryl methyl sites for hydroxylation is 1. The predicted molar refractivity (Wildman–Crippen MR) is 154 cm³/mol. The quantitative estimate of drug-likeness (QED) is 0.419. The van der Waals surface area contributed by atoms with E-state index >= 15 is 0 Å². The topological polar surface area (TPSA) is 95.9 Å². The van der Waals surface area contributed by atoms with Crippen molar-refractivity contribution in [1.82, 2.24) is 4.72 Å². The number of amides is 1. The number of benzene rings is 2. The van der Waals surface area contributed by atoms with E-state index in [4.69, 9.17) is 16.3 Å². The highest BCUT2D eigenvalue weighted by molar-refractivity contribution is 7.90. The molecule has 3 atom stereocenters. The first-order valence-corrected chi connectivity index (χ1v) is 15.8. The molecule has 0 unspecified atom stereocenters. The lowest BCUT2D eigenvalue weighted by atomic mass is 9.57. The Morgan fingerprint density at radius 2 is 1.97 bits per heavy atom. The number of carbonyl (C=O) groups excluding carboxylic acids is 1. The van der Waals surface area contributed by atoms with Crippen LogP contribution in [0, 0.1) is 11.3 Å². The van der Waals surface area contributed by atoms with Gasteiger partial charge in [0.15, 0.2) is 0 Å². The molecule has 2 aliphatic heterocycles. The average Bonchev–Trinajstić information content (AvgIpc) is 2.92. The summed E-state index contributed by atoms with van der Waals surface area (Å²) in [6.45, 7) is 3.98. The van der Waals surface area contributed by atoms with Gasteiger partial charge < -0.3 is 14.7 Å². The van der Waals surface area contributed by atoms with Crippen LogP contribution in [0.3, 0.4) is 0 Å². The molecular formula is C30H37ClN2O5S. The Morgan fingerprint density at radius 3 is 2.77 bits per heavy atom. The lowest BCUT2D eigenvalue weighted by Crippen LogP contribution is -2.51. The van der Waals surface area contributed by atoms with Crippen molar-refractivity contribution in [2.45, 2.75) is 64.6 Å². The third-order valence-electron chi connectivity index (χ3n) is 8.73. The molecular weight excluding hydrogens is 536 g/mol. The lowest BCUT2D eigenvalue weighted by Gasteiger charge is -2.52. The van der Waals surface area contributed by atoms with Crippen molar-refractivity contribution in [1.29, 1.82) is 0 Å². The first-order valence-electron chi connectivity index (χ1n) is 13.8. The van der Waals surface area contributed by atoms with E-state index in [1.807, 2.05) is 24.3 Å². The second-order valence-corrected chi connectivity index (χ2v) is 13.6. The number of hydrogen-bond acceptors (Lipinski definition) is 6. The van der Waals surface area contributed by atoms with E-state index in [2.05, 4.69) is 16.5 Å². The fourth-order valence-electron chi connectivity index (χ4n) is 5.97. The second kappa shape index (κ2) is 11.5. The molecule has 0 radical (unpaired) electrons. The highest BCUT2D eigenvalue weighted by Crippen LogP contribution is 2.51. The Kier molecular flexibility index (Phi) is 8.26. The van der Waals surface area contributed by atoms with Gasteiger partial charge in [-0.05, 0) is 97.7 Å². The summed E-state index contributed by atoms with van der Waals surface area (Å²) >= 11 is 6.29. The van der Waals surface area contributed by atoms with Crippen LogP contribution < -0.4 is 14.4 Å². The zero-order valence-corrected chi connectivity index (χ0v) is 23.9. The van der Waals surface area contributed by atoms with E-state index in [-0.39, 0.29) is 29.1 Å². The fourth-order valence-corrected chi connectivity index (χ4v) is 7.12. The highest BCUT2D eigenvalue weighted by Gasteiger charge is 2.48. The van der Waals surface area contributed by atoms with Crippen LogP contribution in [-0.4, -0.2) is 44.4 Å². The van der Waals surface area contributed by atoms with Gasteiger partial charge in [-0.2, -0.15) is 0 Å². The minimum atomic E-state index is -3.81. The minimum Gasteiger partial charge on any atom is -0.487 e. The van der Waals surface area contributed by atoms with Crippen molar-refractivity contribution >= 4 is 33.2 Å². The van der Waals surface area contributed by atoms with Crippen LogP contribution in [0.5, 0.6) is 5.75 Å². The molecule has 2 aromatic rings. The SMILES string of the molecule is C[C@]12CC[C@@H]1CN1CCCCc3cc(Cl)ccc3COc3ccc(cc31)C(=O)NS(=O)(=O)CC/C=C/C[C@@H]2O. The summed E-state index contributed by atoms with van der Waals surface area (Å²) in [6, 6.07) is 11.0. The van der Waals surface area contributed by atoms with Crippen LogP contribution in [-0.2, 0) is 23.1 Å². The maximum atomic E-state index is 13.0. The Balaban J connectivity index is 1.54. The van der Waals surface area contributed by atoms with Gasteiger partial charge in [0.1, 0.15) is 12.4 Å². The average molecular weight is 573 g/mol. The number of aliphatic hydroxyl groups excluding tert-OH is 1. The van der Waals surface area contributed by atoms with Gasteiger partial charge in [0.05, 0.1) is 17.5 Å². The Labute approximate surface area is 236 Å². The smallest absolute Gasteiger partial charge is 0.264 e. The molecule has 2 bridgehead atoms. The minimum absolute atomic E-state index is 0.200. The largest absolute Gasteiger partial charge is 0.487 e. The Bertz CT molecular complexity index is 1360. The number of anilines is 1. The molecule has 3 aliphatic rings. The van der Waals surface area contributed by atoms with Crippen molar-refractivity contribution in [2.24, 2.45) is 11.3 Å². The summed E-state index contributed by atoms with van der Waals surface area (Å²) < 4.78 is 33.8. The first kappa shape index (κ1) is 28.0. The highest BCUT2D eigenvalue weighted by atomic mass is 35.5. The van der Waals surface area contributed by atoms with Crippen LogP contribution >= 0.6 is 11.6 Å². The van der Waals surface area contributed by atoms with Gasteiger partial charge in [0.25, 0.3) is 5.91 Å². The molecule has 2 aromatic carbocycles. The van der Waals surface area contributed by atoms with Gasteiger partial charge in [-0.25, -0.2) is 13.1 Å². The maximum absolute atomic E-state index is 13.0. The van der Waals surface area contributed by atoms with Gasteiger partial charge in [-0.15, -0.1) is 0 Å². The maximum Gasteiger partial charge on any atom is 0.264 e. The number of ether oxygens (including phenoxy) is 1. The van der Waals surface area contributed by atoms with Crippen LogP contribution in [0.1, 0.15) is 66.9 Å². The van der Waals surface area contributed by atoms with E-state index in [0.717, 1.165) is 56.4 Å². The number of allylic oxidation sites excluding steroid dienone is 1. The van der Waals surface area contributed by atoms with Crippen molar-refractivity contribution in [3.63, 3.8) is 0 Å². The summed E-state index contributed by atoms with van der Waals surface area (Å²) in [6.07, 6.45) is 8.61. The summed E-state index contributed by atoms with van der Waals surface area (Å²) in [5.41, 5.74) is 3.05. The number of halogens is 1. The van der Waals surface area contributed by atoms with Crippen LogP contribution in [0.25, 0.3) is 0 Å². The normalized spacial score (nSPS) is 28.4. The number of nitrogens with one attached hydrogen (secondary N) is 1. The summed E-state index contributed by atoms with van der Waals surface area (Å²) in [4.78, 5) is 15.3. The predicted octanol–water partition coefficient (Wildman–Crippen LogP) is 5.25. The van der Waals surface area contributed by atoms with Crippen molar-refractivity contribution in [3.05, 3.63) is 70.3 Å². The molecule has 0 saturated heterocycles. The number of sulfonamides is 1. The van der Waals surface area contributed by atoms with E-state index in [1.165, 1.54) is 5.56 Å². The molecule has 9 heteroatoms. The van der Waals surface area contributed by atoms with Gasteiger partial charge in [0.2, 0.25) is 10.0 Å². The van der Waals surface area contributed by atoms with E-state index in [1.54, 1.807) is 24.3 Å². The van der Waals surface area contributed by atoms with Gasteiger partial charge in [-0.1, -0.05) is 36.7 Å². The van der Waals surface area contributed by atoms with Gasteiger partial charge in [-0.3, -0.25) is 4.79 Å². The number of rotatable bonds is 0. The second-order valence-electron chi connectivity index (χ2n) is 11.3. The van der Waals surface area contributed by atoms with Crippen LogP contribution in [0.2, 0.25) is 5.02 Å². The monoisotopic (exact) mass is 572 g/mol. The van der Waals surface area contributed by atoms with E-state index in [0.29, 0.717) is 23.8 Å². The molecule has 1 amide bonds. The number of aliphatic hydroxyl groups is 1. The van der Waals surface area contributed by atoms with E-state index in [9.17, 15) is 18.3 Å². The van der Waals surface area contributed by atoms with Crippen molar-refractivity contribution < 1.29 is 23.1 Å². The summed E-state index contributed by atoms with van der Waals surface area (Å²) in [7, 11) is -3.81. The lowest BCUT2D eigenvalue weighted by molar-refractivity contribution is -0.0694. The molecule has 0 spiro atoms. The number of carbonyl (C=O) groups is 1. The zero-order chi connectivity index (χ0) is 27.6. The van der Waals surface area contributed by atoms with Crippen molar-refractivity contribution in [3.8, 4) is 5.75 Å². The summed E-state index contributed by atoms with van der Waals surface area (Å²) in [5, 5.41) is 11.8. The third kappa shape index (κ3) is 6.28. The van der Waals surface area contributed by atoms with Crippen LogP contribution in [0.15, 0.2) is 48.6 Å². The molecule has 1 saturated carbocycles. The Morgan fingerprint density at radius 1 is 1.13 bits per heavy atom. The molecule has 2 N–H and O–H groups in total. The molecule has 39 heavy (non-hydrogen) atoms. The molecule has 210 valence electrons. The number of hydrogen-bond donors (Lipinski definition) is 2. The standard InChI is InChI=1S/C30H37ClN2O5S/c1-30-14-13-24(30)19-33-15-5-4-7-21-17-25(31)11-9-23(21)20-38-27-12-10-22(18-26(27)33)29(35)32-39(36,37)16-6-2-3-8-28(30)34/h2-3,9-12,17-18,24,28,34H,4-8,13-16,19-20H2,1H3,(H,32,35)/b3-2+/t24-,28+,30+/m1/s1. The molecule has 5 rings (SSSR count). The molecule has 7 nitrogen and oxygen atoms in total. The number of fused-ring (bicyclic) bond motifs is 3. The molecule has 1 aliphatic carbocycles. The third-order valence-corrected chi connectivity index (χ3v) is 10.2. The van der Waals surface area contributed by atoms with Gasteiger partial charge in [0, 0.05) is 23.7 Å². The fraction of sp³-hybridized carbons (Fsp3) is 0.500. The summed E-state index contributed by atoms with van der Waals surface area (Å²) in [5.74, 6) is 0.0740. The number of nitrogens with zero attached hydrogens (tertiary/aromatic N) is 1. The Hall–Kier alpha value is -2.55. The van der Waals surface area contributed by atoms with Gasteiger partial charge >= 0.3 is 0 Å². The van der Waals surface area contributed by atoms with E-state index < -0.39 is 22.0 Å². The van der Waals surface area contributed by atoms with Crippen LogP contribution in [0.4, 0.5) is 5.69 Å². The zero-order valence-electron chi connectivity index (χ0n) is 22.4. The molecule has 1 fully saturated rings. The molecule has 0 aromatic heterocycles.